The molecule has 1 N–H and O–H groups in total. The zero-order valence-electron chi connectivity index (χ0n) is 19.8. The van der Waals surface area contributed by atoms with Gasteiger partial charge >= 0.3 is 15.6 Å². The highest BCUT2D eigenvalue weighted by atomic mass is 32.2. The molecule has 1 aromatic carbocycles. The highest BCUT2D eigenvalue weighted by Gasteiger charge is 2.49. The van der Waals surface area contributed by atoms with Crippen LogP contribution in [0, 0.1) is 6.92 Å². The third kappa shape index (κ3) is 6.05. The molecular formula is C24H23F3N6O3S. The number of alkyl halides is 3. The number of hydrogen-bond acceptors (Lipinski definition) is 9. The molecule has 5 rings (SSSR count). The number of fused-ring (bicyclic) bond motifs is 2. The maximum Gasteiger partial charge on any atom is 0.534 e. The highest BCUT2D eigenvalue weighted by Crippen LogP contribution is 2.34. The van der Waals surface area contributed by atoms with Crippen molar-refractivity contribution >= 4 is 32.7 Å². The van der Waals surface area contributed by atoms with Crippen LogP contribution >= 0.6 is 0 Å². The molecule has 9 nitrogen and oxygen atoms in total. The molecule has 3 aromatic heterocycles. The fraction of sp³-hybridized carbons (Fsp3) is 0.250. The number of halogens is 3. The van der Waals surface area contributed by atoms with Crippen LogP contribution < -0.4 is 14.4 Å². The van der Waals surface area contributed by atoms with Crippen LogP contribution in [0.15, 0.2) is 67.1 Å². The number of nitrogens with one attached hydrogen (secondary N) is 1. The smallest absolute Gasteiger partial charge is 0.374 e. The zero-order chi connectivity index (χ0) is 26.6. The normalized spacial score (nSPS) is 15.4. The maximum atomic E-state index is 12.2. The zero-order valence-corrected chi connectivity index (χ0v) is 20.7. The van der Waals surface area contributed by atoms with E-state index in [9.17, 15) is 21.6 Å². The van der Waals surface area contributed by atoms with Gasteiger partial charge in [-0.1, -0.05) is 18.2 Å². The highest BCUT2D eigenvalue weighted by molar-refractivity contribution is 7.88. The van der Waals surface area contributed by atoms with Crippen LogP contribution in [-0.2, 0) is 10.1 Å². The summed E-state index contributed by atoms with van der Waals surface area (Å²) in [6.45, 7) is 3.02. The molecule has 1 aliphatic heterocycles. The topological polar surface area (TPSA) is 110 Å². The average Bonchev–Trinajstić information content (AvgIpc) is 2.86. The molecule has 0 fully saturated rings. The van der Waals surface area contributed by atoms with Crippen molar-refractivity contribution in [2.24, 2.45) is 0 Å². The summed E-state index contributed by atoms with van der Waals surface area (Å²) in [4.78, 5) is 18.3. The van der Waals surface area contributed by atoms with Crippen LogP contribution in [0.25, 0.3) is 10.9 Å². The number of anilines is 2. The van der Waals surface area contributed by atoms with Gasteiger partial charge in [0.1, 0.15) is 0 Å². The van der Waals surface area contributed by atoms with Gasteiger partial charge in [-0.15, -0.1) is 0 Å². The first kappa shape index (κ1) is 26.1. The molecule has 0 saturated carbocycles. The Morgan fingerprint density at radius 3 is 2.51 bits per heavy atom. The molecule has 37 heavy (non-hydrogen) atoms. The van der Waals surface area contributed by atoms with E-state index in [1.54, 1.807) is 6.20 Å². The largest absolute Gasteiger partial charge is 0.534 e. The van der Waals surface area contributed by atoms with E-state index in [1.807, 2.05) is 13.0 Å². The minimum absolute atomic E-state index is 0.0767. The summed E-state index contributed by atoms with van der Waals surface area (Å²) in [7, 11) is -3.60. The standard InChI is InChI=1S/C15H18N4.C9H5F3N2O3S/c1-11-7-9-16-15(17-11)18-13-8-10-19(2)14-6-4-3-5-12(13)14;10-9(11,12)18(15,16)17-8-6-2-1-4-13-7(6)3-5-14-8/h3-7,9,13H,8,10H2,1-2H3,(H,16,17,18);1-5H. The Kier molecular flexibility index (Phi) is 7.43. The number of para-hydroxylation sites is 1. The first-order chi connectivity index (χ1) is 17.5. The summed E-state index contributed by atoms with van der Waals surface area (Å²) in [5, 5.41) is 3.53. The van der Waals surface area contributed by atoms with E-state index in [0.29, 0.717) is 5.95 Å². The fourth-order valence-corrected chi connectivity index (χ4v) is 4.18. The molecule has 13 heteroatoms. The van der Waals surface area contributed by atoms with E-state index in [0.717, 1.165) is 24.9 Å². The third-order valence-corrected chi connectivity index (χ3v) is 6.48. The number of hydrogen-bond donors (Lipinski definition) is 1. The van der Waals surface area contributed by atoms with Crippen molar-refractivity contribution in [2.45, 2.75) is 24.9 Å². The number of benzene rings is 1. The van der Waals surface area contributed by atoms with Crippen molar-refractivity contribution < 1.29 is 25.8 Å². The molecule has 4 aromatic rings. The van der Waals surface area contributed by atoms with E-state index < -0.39 is 21.5 Å². The Hall–Kier alpha value is -4.00. The predicted molar refractivity (Wildman–Crippen MR) is 133 cm³/mol. The lowest BCUT2D eigenvalue weighted by Crippen LogP contribution is -2.30. The summed E-state index contributed by atoms with van der Waals surface area (Å²) in [5.41, 5.74) is -1.63. The molecule has 0 spiro atoms. The summed E-state index contributed by atoms with van der Waals surface area (Å²) >= 11 is 0. The summed E-state index contributed by atoms with van der Waals surface area (Å²) in [6, 6.07) is 14.9. The van der Waals surface area contributed by atoms with Gasteiger partial charge in [-0.3, -0.25) is 4.98 Å². The molecule has 0 saturated heterocycles. The predicted octanol–water partition coefficient (Wildman–Crippen LogP) is 4.64. The molecule has 4 heterocycles. The molecule has 0 radical (unpaired) electrons. The van der Waals surface area contributed by atoms with Gasteiger partial charge in [-0.2, -0.15) is 21.6 Å². The van der Waals surface area contributed by atoms with Gasteiger partial charge in [0.25, 0.3) is 0 Å². The first-order valence-corrected chi connectivity index (χ1v) is 12.5. The van der Waals surface area contributed by atoms with Crippen LogP contribution in [0.4, 0.5) is 24.8 Å². The molecule has 1 aliphatic rings. The maximum absolute atomic E-state index is 12.2. The van der Waals surface area contributed by atoms with Crippen molar-refractivity contribution in [2.75, 3.05) is 23.8 Å². The molecular weight excluding hydrogens is 509 g/mol. The molecule has 1 unspecified atom stereocenters. The van der Waals surface area contributed by atoms with Crippen molar-refractivity contribution in [1.29, 1.82) is 0 Å². The SMILES string of the molecule is Cc1ccnc(NC2CCN(C)c3ccccc32)n1.O=S(=O)(Oc1nccc2ncccc12)C(F)(F)F. The molecule has 0 bridgehead atoms. The van der Waals surface area contributed by atoms with Crippen molar-refractivity contribution in [3.05, 3.63) is 78.4 Å². The van der Waals surface area contributed by atoms with E-state index in [2.05, 4.69) is 65.6 Å². The van der Waals surface area contributed by atoms with Gasteiger partial charge in [0, 0.05) is 43.6 Å². The summed E-state index contributed by atoms with van der Waals surface area (Å²) in [5.74, 6) is 0.0577. The lowest BCUT2D eigenvalue weighted by molar-refractivity contribution is -0.0500. The number of pyridine rings is 2. The van der Waals surface area contributed by atoms with Crippen molar-refractivity contribution in [1.82, 2.24) is 19.9 Å². The van der Waals surface area contributed by atoms with E-state index in [1.165, 1.54) is 35.6 Å². The van der Waals surface area contributed by atoms with Crippen molar-refractivity contribution in [3.63, 3.8) is 0 Å². The Labute approximate surface area is 211 Å². The van der Waals surface area contributed by atoms with Gasteiger partial charge in [-0.25, -0.2) is 15.0 Å². The second-order valence-electron chi connectivity index (χ2n) is 8.16. The van der Waals surface area contributed by atoms with Gasteiger partial charge in [0.05, 0.1) is 16.9 Å². The Morgan fingerprint density at radius 1 is 1.00 bits per heavy atom. The Balaban J connectivity index is 0.000000173. The number of rotatable bonds is 4. The number of aryl methyl sites for hydroxylation is 1. The fourth-order valence-electron chi connectivity index (χ4n) is 3.75. The van der Waals surface area contributed by atoms with E-state index >= 15 is 0 Å². The monoisotopic (exact) mass is 532 g/mol. The third-order valence-electron chi connectivity index (χ3n) is 5.54. The quantitative estimate of drug-likeness (QED) is 0.297. The first-order valence-electron chi connectivity index (χ1n) is 11.1. The van der Waals surface area contributed by atoms with Crippen LogP contribution in [0.3, 0.4) is 0 Å². The van der Waals surface area contributed by atoms with Crippen LogP contribution in [-0.4, -0.2) is 47.5 Å². The second kappa shape index (κ2) is 10.5. The number of aromatic nitrogens is 4. The van der Waals surface area contributed by atoms with E-state index in [-0.39, 0.29) is 16.9 Å². The number of nitrogens with zero attached hydrogens (tertiary/aromatic N) is 5. The minimum atomic E-state index is -5.73. The average molecular weight is 533 g/mol. The Morgan fingerprint density at radius 2 is 1.76 bits per heavy atom. The second-order valence-corrected chi connectivity index (χ2v) is 9.69. The van der Waals surface area contributed by atoms with Gasteiger partial charge < -0.3 is 14.4 Å². The van der Waals surface area contributed by atoms with Crippen LogP contribution in [0.2, 0.25) is 0 Å². The summed E-state index contributed by atoms with van der Waals surface area (Å²) < 4.78 is 62.2. The molecule has 1 atom stereocenters. The molecule has 194 valence electrons. The summed E-state index contributed by atoms with van der Waals surface area (Å²) in [6.07, 6.45) is 5.37. The van der Waals surface area contributed by atoms with Gasteiger partial charge in [-0.05, 0) is 49.2 Å². The Bertz CT molecular complexity index is 1500. The minimum Gasteiger partial charge on any atom is -0.374 e. The van der Waals surface area contributed by atoms with E-state index in [4.69, 9.17) is 0 Å². The van der Waals surface area contributed by atoms with Crippen LogP contribution in [0.1, 0.15) is 23.7 Å². The van der Waals surface area contributed by atoms with Gasteiger partial charge in [0.15, 0.2) is 0 Å². The van der Waals surface area contributed by atoms with Crippen molar-refractivity contribution in [3.8, 4) is 5.88 Å². The lowest BCUT2D eigenvalue weighted by Gasteiger charge is -2.33. The van der Waals surface area contributed by atoms with Gasteiger partial charge in [0.2, 0.25) is 11.8 Å². The molecule has 0 aliphatic carbocycles. The lowest BCUT2D eigenvalue weighted by atomic mass is 9.97. The molecule has 0 amide bonds. The van der Waals surface area contributed by atoms with Crippen LogP contribution in [0.5, 0.6) is 5.88 Å².